The molecule has 0 atom stereocenters. The average molecular weight is 300 g/mol. The standard InChI is InChI=1S/C16H28O5/c1-5-20-14(17)16(12(3)4,15(18)21-6-2)11-13-7-9-19-10-8-13/h12-13H,5-11H2,1-4H3. The molecule has 1 rings (SSSR count). The van der Waals surface area contributed by atoms with E-state index in [9.17, 15) is 9.59 Å². The Morgan fingerprint density at radius 2 is 1.57 bits per heavy atom. The quantitative estimate of drug-likeness (QED) is 0.534. The van der Waals surface area contributed by atoms with Gasteiger partial charge < -0.3 is 14.2 Å². The number of carbonyl (C=O) groups excluding carboxylic acids is 2. The molecule has 0 amide bonds. The minimum absolute atomic E-state index is 0.168. The molecule has 21 heavy (non-hydrogen) atoms. The highest BCUT2D eigenvalue weighted by Crippen LogP contribution is 2.40. The molecular formula is C16H28O5. The van der Waals surface area contributed by atoms with Crippen molar-refractivity contribution in [2.24, 2.45) is 17.3 Å². The molecule has 1 aliphatic rings. The van der Waals surface area contributed by atoms with E-state index in [1.165, 1.54) is 0 Å². The lowest BCUT2D eigenvalue weighted by Gasteiger charge is -2.36. The molecule has 5 heteroatoms. The van der Waals surface area contributed by atoms with Crippen LogP contribution in [0.15, 0.2) is 0 Å². The topological polar surface area (TPSA) is 61.8 Å². The van der Waals surface area contributed by atoms with Crippen LogP contribution < -0.4 is 0 Å². The summed E-state index contributed by atoms with van der Waals surface area (Å²) in [7, 11) is 0. The van der Waals surface area contributed by atoms with E-state index in [1.807, 2.05) is 13.8 Å². The fraction of sp³-hybridized carbons (Fsp3) is 0.875. The van der Waals surface area contributed by atoms with Crippen molar-refractivity contribution in [3.63, 3.8) is 0 Å². The van der Waals surface area contributed by atoms with Crippen LogP contribution in [-0.4, -0.2) is 38.4 Å². The summed E-state index contributed by atoms with van der Waals surface area (Å²) in [6.45, 7) is 9.17. The molecule has 0 aromatic heterocycles. The lowest BCUT2D eigenvalue weighted by atomic mass is 9.69. The second-order valence-corrected chi connectivity index (χ2v) is 5.83. The first-order chi connectivity index (χ1) is 9.98. The average Bonchev–Trinajstić information content (AvgIpc) is 2.45. The first kappa shape index (κ1) is 18.0. The van der Waals surface area contributed by atoms with Crippen molar-refractivity contribution in [1.82, 2.24) is 0 Å². The van der Waals surface area contributed by atoms with Gasteiger partial charge in [0.25, 0.3) is 0 Å². The lowest BCUT2D eigenvalue weighted by molar-refractivity contribution is -0.178. The van der Waals surface area contributed by atoms with Gasteiger partial charge in [-0.3, -0.25) is 9.59 Å². The van der Waals surface area contributed by atoms with Crippen molar-refractivity contribution >= 4 is 11.9 Å². The summed E-state index contributed by atoms with van der Waals surface area (Å²) in [5, 5.41) is 0. The molecule has 0 aliphatic carbocycles. The molecule has 0 saturated carbocycles. The van der Waals surface area contributed by atoms with Crippen LogP contribution in [0.5, 0.6) is 0 Å². The van der Waals surface area contributed by atoms with Gasteiger partial charge in [-0.2, -0.15) is 0 Å². The van der Waals surface area contributed by atoms with Gasteiger partial charge in [-0.25, -0.2) is 0 Å². The number of esters is 2. The molecule has 0 radical (unpaired) electrons. The van der Waals surface area contributed by atoms with Gasteiger partial charge in [-0.1, -0.05) is 13.8 Å². The molecule has 122 valence electrons. The summed E-state index contributed by atoms with van der Waals surface area (Å²) in [6.07, 6.45) is 2.21. The molecule has 0 N–H and O–H groups in total. The Morgan fingerprint density at radius 3 is 1.95 bits per heavy atom. The Labute approximate surface area is 127 Å². The molecule has 1 fully saturated rings. The molecule has 5 nitrogen and oxygen atoms in total. The summed E-state index contributed by atoms with van der Waals surface area (Å²) in [5.41, 5.74) is -1.20. The smallest absolute Gasteiger partial charge is 0.323 e. The van der Waals surface area contributed by atoms with Crippen LogP contribution in [0.4, 0.5) is 0 Å². The predicted molar refractivity (Wildman–Crippen MR) is 78.7 cm³/mol. The van der Waals surface area contributed by atoms with E-state index < -0.39 is 17.4 Å². The Bertz CT molecular complexity index is 327. The summed E-state index contributed by atoms with van der Waals surface area (Å²) >= 11 is 0. The third-order valence-corrected chi connectivity index (χ3v) is 4.22. The number of hydrogen-bond acceptors (Lipinski definition) is 5. The fourth-order valence-electron chi connectivity index (χ4n) is 2.88. The second-order valence-electron chi connectivity index (χ2n) is 5.83. The van der Waals surface area contributed by atoms with Gasteiger partial charge in [0.1, 0.15) is 0 Å². The van der Waals surface area contributed by atoms with Gasteiger partial charge in [-0.05, 0) is 44.9 Å². The Kier molecular flexibility index (Phi) is 7.15. The zero-order valence-electron chi connectivity index (χ0n) is 13.6. The first-order valence-corrected chi connectivity index (χ1v) is 7.91. The summed E-state index contributed by atoms with van der Waals surface area (Å²) < 4.78 is 15.8. The summed E-state index contributed by atoms with van der Waals surface area (Å²) in [6, 6.07) is 0. The molecule has 0 aromatic rings. The molecule has 0 spiro atoms. The highest BCUT2D eigenvalue weighted by atomic mass is 16.6. The third kappa shape index (κ3) is 4.19. The zero-order chi connectivity index (χ0) is 15.9. The maximum absolute atomic E-state index is 12.5. The zero-order valence-corrected chi connectivity index (χ0v) is 13.6. The summed E-state index contributed by atoms with van der Waals surface area (Å²) in [5.74, 6) is -0.789. The SMILES string of the molecule is CCOC(=O)C(CC1CCOCC1)(C(=O)OCC)C(C)C. The molecule has 1 heterocycles. The van der Waals surface area contributed by atoms with Crippen LogP contribution >= 0.6 is 0 Å². The van der Waals surface area contributed by atoms with Crippen LogP contribution in [0.25, 0.3) is 0 Å². The van der Waals surface area contributed by atoms with Gasteiger partial charge in [-0.15, -0.1) is 0 Å². The van der Waals surface area contributed by atoms with E-state index in [0.717, 1.165) is 12.8 Å². The predicted octanol–water partition coefficient (Wildman–Crippen LogP) is 2.57. The molecule has 0 bridgehead atoms. The minimum atomic E-state index is -1.20. The first-order valence-electron chi connectivity index (χ1n) is 7.91. The Balaban J connectivity index is 3.03. The third-order valence-electron chi connectivity index (χ3n) is 4.22. The normalized spacial score (nSPS) is 16.8. The van der Waals surface area contributed by atoms with Gasteiger partial charge in [0.15, 0.2) is 5.41 Å². The van der Waals surface area contributed by atoms with E-state index in [0.29, 0.717) is 19.6 Å². The number of carbonyl (C=O) groups is 2. The van der Waals surface area contributed by atoms with E-state index in [2.05, 4.69) is 0 Å². The van der Waals surface area contributed by atoms with Crippen LogP contribution in [0, 0.1) is 17.3 Å². The van der Waals surface area contributed by atoms with E-state index in [1.54, 1.807) is 13.8 Å². The van der Waals surface area contributed by atoms with Gasteiger partial charge >= 0.3 is 11.9 Å². The minimum Gasteiger partial charge on any atom is -0.465 e. The van der Waals surface area contributed by atoms with E-state index in [4.69, 9.17) is 14.2 Å². The molecule has 1 saturated heterocycles. The fourth-order valence-corrected chi connectivity index (χ4v) is 2.88. The molecule has 0 aromatic carbocycles. The Hall–Kier alpha value is -1.10. The van der Waals surface area contributed by atoms with Gasteiger partial charge in [0.05, 0.1) is 13.2 Å². The molecular weight excluding hydrogens is 272 g/mol. The lowest BCUT2D eigenvalue weighted by Crippen LogP contribution is -2.48. The van der Waals surface area contributed by atoms with Crippen molar-refractivity contribution in [1.29, 1.82) is 0 Å². The van der Waals surface area contributed by atoms with Crippen molar-refractivity contribution < 1.29 is 23.8 Å². The number of hydrogen-bond donors (Lipinski definition) is 0. The maximum Gasteiger partial charge on any atom is 0.323 e. The monoisotopic (exact) mass is 300 g/mol. The molecule has 0 unspecified atom stereocenters. The second kappa shape index (κ2) is 8.37. The number of rotatable bonds is 7. The summed E-state index contributed by atoms with van der Waals surface area (Å²) in [4.78, 5) is 25.1. The van der Waals surface area contributed by atoms with Crippen molar-refractivity contribution in [3.8, 4) is 0 Å². The number of ether oxygens (including phenoxy) is 3. The maximum atomic E-state index is 12.5. The highest BCUT2D eigenvalue weighted by molar-refractivity contribution is 6.00. The van der Waals surface area contributed by atoms with Crippen molar-refractivity contribution in [2.45, 2.75) is 47.0 Å². The van der Waals surface area contributed by atoms with Crippen LogP contribution in [0.3, 0.4) is 0 Å². The van der Waals surface area contributed by atoms with Crippen LogP contribution in [-0.2, 0) is 23.8 Å². The highest BCUT2D eigenvalue weighted by Gasteiger charge is 2.52. The van der Waals surface area contributed by atoms with Crippen molar-refractivity contribution in [3.05, 3.63) is 0 Å². The van der Waals surface area contributed by atoms with E-state index in [-0.39, 0.29) is 25.0 Å². The Morgan fingerprint density at radius 1 is 1.10 bits per heavy atom. The van der Waals surface area contributed by atoms with Crippen LogP contribution in [0.1, 0.15) is 47.0 Å². The van der Waals surface area contributed by atoms with Crippen molar-refractivity contribution in [2.75, 3.05) is 26.4 Å². The molecule has 1 aliphatic heterocycles. The van der Waals surface area contributed by atoms with Gasteiger partial charge in [0, 0.05) is 13.2 Å². The van der Waals surface area contributed by atoms with Crippen LogP contribution in [0.2, 0.25) is 0 Å². The largest absolute Gasteiger partial charge is 0.465 e. The van der Waals surface area contributed by atoms with E-state index >= 15 is 0 Å². The van der Waals surface area contributed by atoms with Gasteiger partial charge in [0.2, 0.25) is 0 Å².